The number of carbonyl (C=O) groups excluding carboxylic acids is 1. The Hall–Kier alpha value is -1.31. The highest BCUT2D eigenvalue weighted by Crippen LogP contribution is 2.25. The zero-order valence-corrected chi connectivity index (χ0v) is 9.34. The first kappa shape index (κ1) is 10.2. The third-order valence-corrected chi connectivity index (χ3v) is 3.04. The Labute approximate surface area is 90.7 Å². The largest absolute Gasteiger partial charge is 0.350 e. The van der Waals surface area contributed by atoms with Crippen LogP contribution in [0.3, 0.4) is 0 Å². The number of nitrogens with one attached hydrogen (secondary N) is 1. The van der Waals surface area contributed by atoms with E-state index < -0.39 is 0 Å². The van der Waals surface area contributed by atoms with Gasteiger partial charge < -0.3 is 5.32 Å². The number of rotatable bonds is 2. The molecule has 1 aromatic carbocycles. The second-order valence-electron chi connectivity index (χ2n) is 4.30. The molecule has 0 unspecified atom stereocenters. The van der Waals surface area contributed by atoms with Gasteiger partial charge in [0, 0.05) is 6.92 Å². The van der Waals surface area contributed by atoms with Crippen molar-refractivity contribution in [2.45, 2.75) is 39.2 Å². The highest BCUT2D eigenvalue weighted by atomic mass is 16.1. The Morgan fingerprint density at radius 1 is 1.33 bits per heavy atom. The minimum absolute atomic E-state index is 0.0306. The van der Waals surface area contributed by atoms with Gasteiger partial charge in [-0.1, -0.05) is 18.2 Å². The Bertz CT molecular complexity index is 384. The summed E-state index contributed by atoms with van der Waals surface area (Å²) in [6.07, 6.45) is 3.67. The van der Waals surface area contributed by atoms with E-state index in [0.717, 1.165) is 0 Å². The molecular formula is C13H17NO. The summed E-state index contributed by atoms with van der Waals surface area (Å²) >= 11 is 0. The van der Waals surface area contributed by atoms with Crippen LogP contribution < -0.4 is 5.32 Å². The van der Waals surface area contributed by atoms with Gasteiger partial charge in [-0.05, 0) is 42.9 Å². The smallest absolute Gasteiger partial charge is 0.217 e. The molecule has 1 aliphatic carbocycles. The standard InChI is InChI=1S/C13H17NO/c1-9(14-10(2)15)12-7-6-11-4-3-5-13(11)8-12/h6-9H,3-5H2,1-2H3,(H,14,15)/t9-/m1/s1. The summed E-state index contributed by atoms with van der Waals surface area (Å²) in [5.41, 5.74) is 4.16. The molecule has 15 heavy (non-hydrogen) atoms. The van der Waals surface area contributed by atoms with E-state index in [-0.39, 0.29) is 11.9 Å². The molecule has 1 amide bonds. The fourth-order valence-electron chi connectivity index (χ4n) is 2.25. The summed E-state index contributed by atoms with van der Waals surface area (Å²) < 4.78 is 0. The lowest BCUT2D eigenvalue weighted by atomic mass is 10.0. The minimum Gasteiger partial charge on any atom is -0.350 e. The normalized spacial score (nSPS) is 15.9. The van der Waals surface area contributed by atoms with E-state index in [0.29, 0.717) is 0 Å². The van der Waals surface area contributed by atoms with E-state index >= 15 is 0 Å². The van der Waals surface area contributed by atoms with Gasteiger partial charge in [0.1, 0.15) is 0 Å². The lowest BCUT2D eigenvalue weighted by molar-refractivity contribution is -0.119. The fraction of sp³-hybridized carbons (Fsp3) is 0.462. The van der Waals surface area contributed by atoms with Crippen LogP contribution in [-0.4, -0.2) is 5.91 Å². The molecule has 0 saturated heterocycles. The van der Waals surface area contributed by atoms with Gasteiger partial charge in [0.25, 0.3) is 0 Å². The third kappa shape index (κ3) is 2.20. The maximum absolute atomic E-state index is 11.0. The van der Waals surface area contributed by atoms with Gasteiger partial charge in [-0.15, -0.1) is 0 Å². The summed E-state index contributed by atoms with van der Waals surface area (Å²) in [5.74, 6) is 0.0306. The van der Waals surface area contributed by atoms with E-state index in [9.17, 15) is 4.79 Å². The second-order valence-corrected chi connectivity index (χ2v) is 4.30. The highest BCUT2D eigenvalue weighted by molar-refractivity contribution is 5.73. The fourth-order valence-corrected chi connectivity index (χ4v) is 2.25. The molecule has 2 rings (SSSR count). The first-order chi connectivity index (χ1) is 7.16. The van der Waals surface area contributed by atoms with Crippen LogP contribution in [0.15, 0.2) is 18.2 Å². The number of fused-ring (bicyclic) bond motifs is 1. The number of aryl methyl sites for hydroxylation is 2. The predicted octanol–water partition coefficient (Wildman–Crippen LogP) is 2.37. The summed E-state index contributed by atoms with van der Waals surface area (Å²) in [4.78, 5) is 11.0. The Morgan fingerprint density at radius 2 is 2.07 bits per heavy atom. The highest BCUT2D eigenvalue weighted by Gasteiger charge is 2.13. The van der Waals surface area contributed by atoms with Crippen molar-refractivity contribution in [1.82, 2.24) is 5.32 Å². The van der Waals surface area contributed by atoms with Crippen LogP contribution in [0.1, 0.15) is 43.0 Å². The molecule has 80 valence electrons. The predicted molar refractivity (Wildman–Crippen MR) is 60.7 cm³/mol. The number of amides is 1. The molecule has 0 bridgehead atoms. The Morgan fingerprint density at radius 3 is 2.80 bits per heavy atom. The third-order valence-electron chi connectivity index (χ3n) is 3.04. The molecule has 1 N–H and O–H groups in total. The van der Waals surface area contributed by atoms with Crippen LogP contribution >= 0.6 is 0 Å². The number of hydrogen-bond donors (Lipinski definition) is 1. The van der Waals surface area contributed by atoms with E-state index in [1.165, 1.54) is 36.0 Å². The van der Waals surface area contributed by atoms with Crippen LogP contribution in [-0.2, 0) is 17.6 Å². The van der Waals surface area contributed by atoms with Gasteiger partial charge in [-0.3, -0.25) is 4.79 Å². The maximum Gasteiger partial charge on any atom is 0.217 e. The molecule has 2 nitrogen and oxygen atoms in total. The molecule has 0 aromatic heterocycles. The minimum atomic E-state index is 0.0306. The van der Waals surface area contributed by atoms with Crippen molar-refractivity contribution in [2.24, 2.45) is 0 Å². The summed E-state index contributed by atoms with van der Waals surface area (Å²) in [7, 11) is 0. The topological polar surface area (TPSA) is 29.1 Å². The lowest BCUT2D eigenvalue weighted by Gasteiger charge is -2.14. The van der Waals surface area contributed by atoms with Gasteiger partial charge in [-0.25, -0.2) is 0 Å². The summed E-state index contributed by atoms with van der Waals surface area (Å²) in [5, 5.41) is 2.91. The summed E-state index contributed by atoms with van der Waals surface area (Å²) in [6.45, 7) is 3.59. The van der Waals surface area contributed by atoms with Crippen molar-refractivity contribution in [2.75, 3.05) is 0 Å². The molecular weight excluding hydrogens is 186 g/mol. The molecule has 0 aliphatic heterocycles. The molecule has 0 fully saturated rings. The average Bonchev–Trinajstić information content (AvgIpc) is 2.62. The molecule has 0 radical (unpaired) electrons. The number of carbonyl (C=O) groups is 1. The molecule has 0 spiro atoms. The first-order valence-electron chi connectivity index (χ1n) is 5.55. The van der Waals surface area contributed by atoms with Crippen LogP contribution in [0.4, 0.5) is 0 Å². The van der Waals surface area contributed by atoms with Crippen LogP contribution in [0.5, 0.6) is 0 Å². The van der Waals surface area contributed by atoms with Crippen molar-refractivity contribution in [3.8, 4) is 0 Å². The van der Waals surface area contributed by atoms with Gasteiger partial charge >= 0.3 is 0 Å². The maximum atomic E-state index is 11.0. The van der Waals surface area contributed by atoms with E-state index in [2.05, 4.69) is 23.5 Å². The van der Waals surface area contributed by atoms with E-state index in [1.807, 2.05) is 6.92 Å². The van der Waals surface area contributed by atoms with Crippen LogP contribution in [0.2, 0.25) is 0 Å². The zero-order valence-electron chi connectivity index (χ0n) is 9.34. The van der Waals surface area contributed by atoms with Gasteiger partial charge in [0.2, 0.25) is 5.91 Å². The SMILES string of the molecule is CC(=O)N[C@H](C)c1ccc2c(c1)CCC2. The van der Waals surface area contributed by atoms with Crippen LogP contribution in [0.25, 0.3) is 0 Å². The lowest BCUT2D eigenvalue weighted by Crippen LogP contribution is -2.23. The first-order valence-corrected chi connectivity index (χ1v) is 5.55. The van der Waals surface area contributed by atoms with Crippen molar-refractivity contribution < 1.29 is 4.79 Å². The van der Waals surface area contributed by atoms with Gasteiger partial charge in [-0.2, -0.15) is 0 Å². The monoisotopic (exact) mass is 203 g/mol. The molecule has 2 heteroatoms. The molecule has 1 atom stereocenters. The van der Waals surface area contributed by atoms with Crippen molar-refractivity contribution in [3.05, 3.63) is 34.9 Å². The Balaban J connectivity index is 2.19. The number of hydrogen-bond acceptors (Lipinski definition) is 1. The van der Waals surface area contributed by atoms with E-state index in [1.54, 1.807) is 6.92 Å². The quantitative estimate of drug-likeness (QED) is 0.785. The molecule has 1 aliphatic rings. The van der Waals surface area contributed by atoms with Crippen molar-refractivity contribution in [1.29, 1.82) is 0 Å². The number of benzene rings is 1. The molecule has 1 aromatic rings. The molecule has 0 saturated carbocycles. The Kier molecular flexibility index (Phi) is 2.76. The van der Waals surface area contributed by atoms with Gasteiger partial charge in [0.15, 0.2) is 0 Å². The zero-order chi connectivity index (χ0) is 10.8. The molecule has 0 heterocycles. The van der Waals surface area contributed by atoms with Gasteiger partial charge in [0.05, 0.1) is 6.04 Å². The van der Waals surface area contributed by atoms with Crippen LogP contribution in [0, 0.1) is 0 Å². The van der Waals surface area contributed by atoms with E-state index in [4.69, 9.17) is 0 Å². The van der Waals surface area contributed by atoms with Crippen molar-refractivity contribution >= 4 is 5.91 Å². The second kappa shape index (κ2) is 4.05. The average molecular weight is 203 g/mol. The summed E-state index contributed by atoms with van der Waals surface area (Å²) in [6, 6.07) is 6.69. The van der Waals surface area contributed by atoms with Crippen molar-refractivity contribution in [3.63, 3.8) is 0 Å².